The van der Waals surface area contributed by atoms with Crippen molar-refractivity contribution in [3.8, 4) is 0 Å². The second-order valence-electron chi connectivity index (χ2n) is 6.07. The summed E-state index contributed by atoms with van der Waals surface area (Å²) in [6.07, 6.45) is 2.62. The summed E-state index contributed by atoms with van der Waals surface area (Å²) in [4.78, 5) is 2.51. The SMILES string of the molecule is CNCC1CCN(Cc2ccc(C3CC3C)o2)C1. The summed E-state index contributed by atoms with van der Waals surface area (Å²) >= 11 is 0. The van der Waals surface area contributed by atoms with Gasteiger partial charge in [0, 0.05) is 12.5 Å². The number of nitrogens with one attached hydrogen (secondary N) is 1. The molecule has 3 heteroatoms. The molecule has 1 aliphatic carbocycles. The third-order valence-electron chi connectivity index (χ3n) is 4.40. The van der Waals surface area contributed by atoms with Crippen molar-refractivity contribution in [3.63, 3.8) is 0 Å². The van der Waals surface area contributed by atoms with Gasteiger partial charge in [0.1, 0.15) is 11.5 Å². The second kappa shape index (κ2) is 5.06. The number of rotatable bonds is 5. The Morgan fingerprint density at radius 3 is 3.00 bits per heavy atom. The Labute approximate surface area is 110 Å². The summed E-state index contributed by atoms with van der Waals surface area (Å²) in [7, 11) is 2.04. The van der Waals surface area contributed by atoms with E-state index in [0.717, 1.165) is 30.7 Å². The molecule has 1 aromatic rings. The van der Waals surface area contributed by atoms with Crippen LogP contribution < -0.4 is 5.32 Å². The fourth-order valence-electron chi connectivity index (χ4n) is 3.13. The predicted molar refractivity (Wildman–Crippen MR) is 72.5 cm³/mol. The van der Waals surface area contributed by atoms with Gasteiger partial charge in [-0.15, -0.1) is 0 Å². The van der Waals surface area contributed by atoms with Gasteiger partial charge in [-0.1, -0.05) is 6.92 Å². The molecule has 3 atom stereocenters. The molecule has 1 N–H and O–H groups in total. The normalized spacial score (nSPS) is 32.0. The van der Waals surface area contributed by atoms with Gasteiger partial charge < -0.3 is 9.73 Å². The van der Waals surface area contributed by atoms with Gasteiger partial charge in [0.2, 0.25) is 0 Å². The topological polar surface area (TPSA) is 28.4 Å². The molecule has 0 aromatic carbocycles. The lowest BCUT2D eigenvalue weighted by Crippen LogP contribution is -2.24. The van der Waals surface area contributed by atoms with E-state index in [-0.39, 0.29) is 0 Å². The van der Waals surface area contributed by atoms with Gasteiger partial charge in [-0.3, -0.25) is 4.90 Å². The molecule has 1 saturated heterocycles. The first-order chi connectivity index (χ1) is 8.76. The summed E-state index contributed by atoms with van der Waals surface area (Å²) in [6.45, 7) is 6.84. The maximum absolute atomic E-state index is 5.98. The van der Waals surface area contributed by atoms with E-state index in [1.807, 2.05) is 7.05 Å². The van der Waals surface area contributed by atoms with Crippen molar-refractivity contribution in [2.45, 2.75) is 32.2 Å². The monoisotopic (exact) mass is 248 g/mol. The molecule has 2 heterocycles. The molecule has 2 aliphatic rings. The summed E-state index contributed by atoms with van der Waals surface area (Å²) in [5.41, 5.74) is 0. The molecule has 0 bridgehead atoms. The van der Waals surface area contributed by atoms with Crippen molar-refractivity contribution < 1.29 is 4.42 Å². The highest BCUT2D eigenvalue weighted by molar-refractivity contribution is 5.17. The van der Waals surface area contributed by atoms with Crippen LogP contribution in [0.15, 0.2) is 16.5 Å². The Morgan fingerprint density at radius 1 is 1.44 bits per heavy atom. The lowest BCUT2D eigenvalue weighted by molar-refractivity contribution is 0.281. The molecule has 3 nitrogen and oxygen atoms in total. The van der Waals surface area contributed by atoms with E-state index in [9.17, 15) is 0 Å². The van der Waals surface area contributed by atoms with E-state index < -0.39 is 0 Å². The van der Waals surface area contributed by atoms with E-state index in [4.69, 9.17) is 4.42 Å². The number of hydrogen-bond donors (Lipinski definition) is 1. The molecule has 3 unspecified atom stereocenters. The zero-order valence-electron chi connectivity index (χ0n) is 11.5. The standard InChI is InChI=1S/C15H24N2O/c1-11-7-14(11)15-4-3-13(18-15)10-17-6-5-12(9-17)8-16-2/h3-4,11-12,14,16H,5-10H2,1-2H3. The smallest absolute Gasteiger partial charge is 0.118 e. The molecule has 0 radical (unpaired) electrons. The fourth-order valence-corrected chi connectivity index (χ4v) is 3.13. The van der Waals surface area contributed by atoms with Crippen LogP contribution in [0.25, 0.3) is 0 Å². The van der Waals surface area contributed by atoms with Crippen LogP contribution in [0.1, 0.15) is 37.2 Å². The first-order valence-corrected chi connectivity index (χ1v) is 7.22. The van der Waals surface area contributed by atoms with Gasteiger partial charge >= 0.3 is 0 Å². The largest absolute Gasteiger partial charge is 0.464 e. The molecule has 3 rings (SSSR count). The van der Waals surface area contributed by atoms with Gasteiger partial charge in [-0.25, -0.2) is 0 Å². The molecule has 2 fully saturated rings. The minimum atomic E-state index is 0.703. The highest BCUT2D eigenvalue weighted by Gasteiger charge is 2.36. The predicted octanol–water partition coefficient (Wildman–Crippen LogP) is 2.44. The average molecular weight is 248 g/mol. The molecule has 1 aliphatic heterocycles. The van der Waals surface area contributed by atoms with Crippen LogP contribution in [-0.2, 0) is 6.54 Å². The Hall–Kier alpha value is -0.800. The lowest BCUT2D eigenvalue weighted by Gasteiger charge is -2.14. The van der Waals surface area contributed by atoms with Crippen LogP contribution in [0.3, 0.4) is 0 Å². The molecule has 18 heavy (non-hydrogen) atoms. The van der Waals surface area contributed by atoms with Gasteiger partial charge in [0.25, 0.3) is 0 Å². The number of likely N-dealkylation sites (tertiary alicyclic amines) is 1. The third kappa shape index (κ3) is 2.62. The quantitative estimate of drug-likeness (QED) is 0.867. The van der Waals surface area contributed by atoms with Crippen LogP contribution in [0, 0.1) is 11.8 Å². The molecular formula is C15H24N2O. The van der Waals surface area contributed by atoms with Crippen LogP contribution in [-0.4, -0.2) is 31.6 Å². The van der Waals surface area contributed by atoms with Gasteiger partial charge in [-0.2, -0.15) is 0 Å². The second-order valence-corrected chi connectivity index (χ2v) is 6.07. The Morgan fingerprint density at radius 2 is 2.28 bits per heavy atom. The van der Waals surface area contributed by atoms with Crippen molar-refractivity contribution in [1.82, 2.24) is 10.2 Å². The first-order valence-electron chi connectivity index (χ1n) is 7.22. The lowest BCUT2D eigenvalue weighted by atomic mass is 10.1. The van der Waals surface area contributed by atoms with Crippen LogP contribution >= 0.6 is 0 Å². The van der Waals surface area contributed by atoms with Crippen molar-refractivity contribution in [1.29, 1.82) is 0 Å². The van der Waals surface area contributed by atoms with Crippen molar-refractivity contribution in [2.24, 2.45) is 11.8 Å². The maximum atomic E-state index is 5.98. The van der Waals surface area contributed by atoms with E-state index in [1.165, 1.54) is 31.7 Å². The zero-order chi connectivity index (χ0) is 12.5. The van der Waals surface area contributed by atoms with Crippen LogP contribution in [0.5, 0.6) is 0 Å². The third-order valence-corrected chi connectivity index (χ3v) is 4.40. The van der Waals surface area contributed by atoms with E-state index in [2.05, 4.69) is 29.3 Å². The first kappa shape index (κ1) is 12.2. The fraction of sp³-hybridized carbons (Fsp3) is 0.733. The number of hydrogen-bond acceptors (Lipinski definition) is 3. The van der Waals surface area contributed by atoms with Crippen molar-refractivity contribution in [3.05, 3.63) is 23.7 Å². The Balaban J connectivity index is 1.52. The molecule has 0 amide bonds. The molecule has 1 saturated carbocycles. The van der Waals surface area contributed by atoms with Gasteiger partial charge in [0.05, 0.1) is 6.54 Å². The highest BCUT2D eigenvalue weighted by atomic mass is 16.3. The van der Waals surface area contributed by atoms with Gasteiger partial charge in [0.15, 0.2) is 0 Å². The van der Waals surface area contributed by atoms with E-state index in [0.29, 0.717) is 5.92 Å². The Kier molecular flexibility index (Phi) is 3.44. The maximum Gasteiger partial charge on any atom is 0.118 e. The molecule has 100 valence electrons. The summed E-state index contributed by atoms with van der Waals surface area (Å²) < 4.78 is 5.98. The van der Waals surface area contributed by atoms with Crippen LogP contribution in [0.2, 0.25) is 0 Å². The zero-order valence-corrected chi connectivity index (χ0v) is 11.5. The summed E-state index contributed by atoms with van der Waals surface area (Å²) in [5, 5.41) is 3.28. The summed E-state index contributed by atoms with van der Waals surface area (Å²) in [5.74, 6) is 4.70. The Bertz CT molecular complexity index is 401. The van der Waals surface area contributed by atoms with E-state index in [1.54, 1.807) is 0 Å². The molecule has 1 aromatic heterocycles. The average Bonchev–Trinajstić information content (AvgIpc) is 2.80. The molecule has 0 spiro atoms. The minimum Gasteiger partial charge on any atom is -0.464 e. The number of nitrogens with zero attached hydrogens (tertiary/aromatic N) is 1. The minimum absolute atomic E-state index is 0.703. The number of furan rings is 1. The van der Waals surface area contributed by atoms with Gasteiger partial charge in [-0.05, 0) is 56.9 Å². The van der Waals surface area contributed by atoms with Crippen molar-refractivity contribution >= 4 is 0 Å². The highest BCUT2D eigenvalue weighted by Crippen LogP contribution is 2.47. The summed E-state index contributed by atoms with van der Waals surface area (Å²) in [6, 6.07) is 4.36. The molecular weight excluding hydrogens is 224 g/mol. The van der Waals surface area contributed by atoms with E-state index >= 15 is 0 Å². The van der Waals surface area contributed by atoms with Crippen LogP contribution in [0.4, 0.5) is 0 Å². The van der Waals surface area contributed by atoms with Crippen molar-refractivity contribution in [2.75, 3.05) is 26.7 Å².